The fraction of sp³-hybridized carbons (Fsp3) is 0.292. The number of ether oxygens (including phenoxy) is 1. The molecule has 3 amide bonds. The van der Waals surface area contributed by atoms with Crippen molar-refractivity contribution in [3.63, 3.8) is 0 Å². The van der Waals surface area contributed by atoms with Crippen molar-refractivity contribution in [3.8, 4) is 5.82 Å². The maximum Gasteiger partial charge on any atom is 0.260 e. The van der Waals surface area contributed by atoms with Crippen LogP contribution in [0.25, 0.3) is 5.82 Å². The van der Waals surface area contributed by atoms with E-state index in [1.165, 1.54) is 16.0 Å². The third-order valence-electron chi connectivity index (χ3n) is 5.67. The minimum Gasteiger partial charge on any atom is -0.383 e. The number of carbonyl (C=O) groups is 3. The SMILES string of the molecule is COCCNC(=O)C(C)N1Cc2ccccc2N(C(=O)c2ccc(-n3cccn3)nc2)CC1=O. The molecule has 3 aromatic rings. The quantitative estimate of drug-likeness (QED) is 0.532. The van der Waals surface area contributed by atoms with Crippen molar-refractivity contribution in [2.75, 3.05) is 31.7 Å². The number of pyridine rings is 1. The van der Waals surface area contributed by atoms with Crippen molar-refractivity contribution in [2.45, 2.75) is 19.5 Å². The van der Waals surface area contributed by atoms with E-state index in [-0.39, 0.29) is 30.8 Å². The van der Waals surface area contributed by atoms with Gasteiger partial charge in [0.15, 0.2) is 5.82 Å². The maximum absolute atomic E-state index is 13.4. The molecule has 1 atom stereocenters. The van der Waals surface area contributed by atoms with Gasteiger partial charge in [-0.05, 0) is 36.8 Å². The van der Waals surface area contributed by atoms with Crippen LogP contribution in [0.4, 0.5) is 5.69 Å². The number of nitrogens with zero attached hydrogens (tertiary/aromatic N) is 5. The molecular weight excluding hydrogens is 436 g/mol. The van der Waals surface area contributed by atoms with Gasteiger partial charge in [-0.2, -0.15) is 5.10 Å². The normalized spacial score (nSPS) is 14.4. The first-order valence-electron chi connectivity index (χ1n) is 10.9. The molecule has 1 aliphatic heterocycles. The Labute approximate surface area is 197 Å². The second kappa shape index (κ2) is 10.3. The minimum absolute atomic E-state index is 0.188. The Bertz CT molecular complexity index is 1160. The first-order valence-corrected chi connectivity index (χ1v) is 10.9. The highest BCUT2D eigenvalue weighted by molar-refractivity contribution is 6.09. The summed E-state index contributed by atoms with van der Waals surface area (Å²) in [5.74, 6) is -0.367. The minimum atomic E-state index is -0.706. The number of fused-ring (bicyclic) bond motifs is 1. The number of amides is 3. The summed E-state index contributed by atoms with van der Waals surface area (Å²) >= 11 is 0. The Morgan fingerprint density at radius 2 is 1.97 bits per heavy atom. The Balaban J connectivity index is 1.58. The Morgan fingerprint density at radius 1 is 1.15 bits per heavy atom. The highest BCUT2D eigenvalue weighted by Crippen LogP contribution is 2.28. The summed E-state index contributed by atoms with van der Waals surface area (Å²) in [6, 6.07) is 11.8. The van der Waals surface area contributed by atoms with E-state index in [4.69, 9.17) is 4.74 Å². The molecule has 34 heavy (non-hydrogen) atoms. The van der Waals surface area contributed by atoms with E-state index in [9.17, 15) is 14.4 Å². The van der Waals surface area contributed by atoms with Crippen LogP contribution in [0.5, 0.6) is 0 Å². The van der Waals surface area contributed by atoms with E-state index in [1.54, 1.807) is 55.4 Å². The molecule has 0 radical (unpaired) electrons. The summed E-state index contributed by atoms with van der Waals surface area (Å²) in [6.45, 7) is 2.44. The molecule has 0 saturated heterocycles. The molecule has 1 aliphatic rings. The standard InChI is InChI=1S/C24H26N6O4/c1-17(23(32)25-11-13-34-2)28-15-19-6-3-4-7-20(19)29(16-22(28)31)24(33)18-8-9-21(26-14-18)30-12-5-10-27-30/h3-10,12,14,17H,11,13,15-16H2,1-2H3,(H,25,32). The number of anilines is 1. The van der Waals surface area contributed by atoms with Crippen LogP contribution in [0.2, 0.25) is 0 Å². The van der Waals surface area contributed by atoms with E-state index in [0.717, 1.165) is 5.56 Å². The molecule has 1 aromatic carbocycles. The fourth-order valence-electron chi connectivity index (χ4n) is 3.80. The van der Waals surface area contributed by atoms with Crippen molar-refractivity contribution >= 4 is 23.4 Å². The number of aromatic nitrogens is 3. The monoisotopic (exact) mass is 462 g/mol. The average Bonchev–Trinajstić information content (AvgIpc) is 3.35. The molecule has 0 spiro atoms. The number of nitrogens with one attached hydrogen (secondary N) is 1. The summed E-state index contributed by atoms with van der Waals surface area (Å²) < 4.78 is 6.56. The Hall–Kier alpha value is -4.05. The van der Waals surface area contributed by atoms with Crippen molar-refractivity contribution in [2.24, 2.45) is 0 Å². The molecule has 1 N–H and O–H groups in total. The van der Waals surface area contributed by atoms with Crippen LogP contribution in [0.3, 0.4) is 0 Å². The number of hydrogen-bond donors (Lipinski definition) is 1. The topological polar surface area (TPSA) is 110 Å². The van der Waals surface area contributed by atoms with Gasteiger partial charge in [0.2, 0.25) is 11.8 Å². The molecular formula is C24H26N6O4. The van der Waals surface area contributed by atoms with Crippen LogP contribution < -0.4 is 10.2 Å². The predicted octanol–water partition coefficient (Wildman–Crippen LogP) is 1.41. The second-order valence-electron chi connectivity index (χ2n) is 7.86. The molecule has 176 valence electrons. The molecule has 1 unspecified atom stereocenters. The zero-order valence-electron chi connectivity index (χ0n) is 19.0. The number of hydrogen-bond acceptors (Lipinski definition) is 6. The zero-order chi connectivity index (χ0) is 24.1. The first kappa shape index (κ1) is 23.1. The Kier molecular flexibility index (Phi) is 6.98. The summed E-state index contributed by atoms with van der Waals surface area (Å²) in [6.07, 6.45) is 4.88. The predicted molar refractivity (Wildman–Crippen MR) is 124 cm³/mol. The highest BCUT2D eigenvalue weighted by Gasteiger charge is 2.34. The molecule has 0 bridgehead atoms. The van der Waals surface area contributed by atoms with E-state index < -0.39 is 6.04 Å². The number of carbonyl (C=O) groups excluding carboxylic acids is 3. The van der Waals surface area contributed by atoms with Gasteiger partial charge in [-0.3, -0.25) is 19.3 Å². The Morgan fingerprint density at radius 3 is 2.68 bits per heavy atom. The summed E-state index contributed by atoms with van der Waals surface area (Å²) in [5.41, 5.74) is 1.75. The van der Waals surface area contributed by atoms with Crippen LogP contribution in [0.15, 0.2) is 61.1 Å². The molecule has 0 fully saturated rings. The van der Waals surface area contributed by atoms with Crippen molar-refractivity contribution in [1.82, 2.24) is 25.0 Å². The lowest BCUT2D eigenvalue weighted by molar-refractivity contribution is -0.139. The van der Waals surface area contributed by atoms with Gasteiger partial charge in [0.05, 0.1) is 12.2 Å². The lowest BCUT2D eigenvalue weighted by atomic mass is 10.1. The lowest BCUT2D eigenvalue weighted by Gasteiger charge is -2.27. The third kappa shape index (κ3) is 4.81. The number of para-hydroxylation sites is 1. The largest absolute Gasteiger partial charge is 0.383 e. The fourth-order valence-corrected chi connectivity index (χ4v) is 3.80. The summed E-state index contributed by atoms with van der Waals surface area (Å²) in [7, 11) is 1.55. The number of methoxy groups -OCH3 is 1. The van der Waals surface area contributed by atoms with Gasteiger partial charge in [-0.25, -0.2) is 9.67 Å². The van der Waals surface area contributed by atoms with Gasteiger partial charge >= 0.3 is 0 Å². The van der Waals surface area contributed by atoms with Crippen LogP contribution >= 0.6 is 0 Å². The smallest absolute Gasteiger partial charge is 0.260 e. The van der Waals surface area contributed by atoms with Gasteiger partial charge in [0.1, 0.15) is 12.6 Å². The van der Waals surface area contributed by atoms with Gasteiger partial charge in [-0.1, -0.05) is 18.2 Å². The number of rotatable bonds is 7. The number of benzene rings is 1. The van der Waals surface area contributed by atoms with Crippen LogP contribution in [0.1, 0.15) is 22.8 Å². The van der Waals surface area contributed by atoms with E-state index in [0.29, 0.717) is 30.2 Å². The van der Waals surface area contributed by atoms with Crippen LogP contribution in [-0.2, 0) is 20.9 Å². The highest BCUT2D eigenvalue weighted by atomic mass is 16.5. The lowest BCUT2D eigenvalue weighted by Crippen LogP contribution is -2.50. The van der Waals surface area contributed by atoms with Gasteiger partial charge in [0, 0.05) is 44.5 Å². The van der Waals surface area contributed by atoms with Gasteiger partial charge in [-0.15, -0.1) is 0 Å². The van der Waals surface area contributed by atoms with Crippen molar-refractivity contribution in [1.29, 1.82) is 0 Å². The third-order valence-corrected chi connectivity index (χ3v) is 5.67. The maximum atomic E-state index is 13.4. The molecule has 0 saturated carbocycles. The molecule has 10 heteroatoms. The molecule has 10 nitrogen and oxygen atoms in total. The molecule has 3 heterocycles. The van der Waals surface area contributed by atoms with Gasteiger partial charge < -0.3 is 15.0 Å². The first-order chi connectivity index (χ1) is 16.5. The zero-order valence-corrected chi connectivity index (χ0v) is 19.0. The average molecular weight is 463 g/mol. The second-order valence-corrected chi connectivity index (χ2v) is 7.86. The van der Waals surface area contributed by atoms with E-state index >= 15 is 0 Å². The summed E-state index contributed by atoms with van der Waals surface area (Å²) in [4.78, 5) is 46.5. The van der Waals surface area contributed by atoms with Crippen LogP contribution in [0, 0.1) is 0 Å². The van der Waals surface area contributed by atoms with Gasteiger partial charge in [0.25, 0.3) is 5.91 Å². The van der Waals surface area contributed by atoms with E-state index in [2.05, 4.69) is 15.4 Å². The van der Waals surface area contributed by atoms with E-state index in [1.807, 2.05) is 18.2 Å². The summed E-state index contributed by atoms with van der Waals surface area (Å²) in [5, 5.41) is 6.90. The molecule has 4 rings (SSSR count). The van der Waals surface area contributed by atoms with Crippen LogP contribution in [-0.4, -0.2) is 70.2 Å². The van der Waals surface area contributed by atoms with Crippen molar-refractivity contribution in [3.05, 3.63) is 72.2 Å². The van der Waals surface area contributed by atoms with Crippen molar-refractivity contribution < 1.29 is 19.1 Å². The molecule has 2 aromatic heterocycles. The molecule has 0 aliphatic carbocycles.